The van der Waals surface area contributed by atoms with Gasteiger partial charge in [0.05, 0.1) is 24.3 Å². The van der Waals surface area contributed by atoms with Gasteiger partial charge in [0, 0.05) is 61.9 Å². The lowest BCUT2D eigenvalue weighted by atomic mass is 10.1. The van der Waals surface area contributed by atoms with Gasteiger partial charge in [-0.2, -0.15) is 0 Å². The van der Waals surface area contributed by atoms with Crippen LogP contribution in [0.3, 0.4) is 0 Å². The normalized spacial score (nSPS) is 16.3. The zero-order valence-electron chi connectivity index (χ0n) is 19.0. The van der Waals surface area contributed by atoms with Crippen LogP contribution in [0.2, 0.25) is 0 Å². The van der Waals surface area contributed by atoms with Crippen LogP contribution in [0.25, 0.3) is 10.9 Å². The Bertz CT molecular complexity index is 1190. The van der Waals surface area contributed by atoms with Crippen molar-refractivity contribution in [2.24, 2.45) is 0 Å². The Morgan fingerprint density at radius 3 is 2.38 bits per heavy atom. The minimum Gasteiger partial charge on any atom is -0.379 e. The number of hydrogen-bond acceptors (Lipinski definition) is 5. The first-order chi connectivity index (χ1) is 16.6. The molecular weight excluding hydrogens is 432 g/mol. The molecule has 3 amide bonds. The molecule has 5 rings (SSSR count). The van der Waals surface area contributed by atoms with E-state index >= 15 is 0 Å². The number of anilines is 1. The Morgan fingerprint density at radius 1 is 0.912 bits per heavy atom. The van der Waals surface area contributed by atoms with E-state index in [1.807, 2.05) is 18.2 Å². The molecule has 0 spiro atoms. The Labute approximate surface area is 198 Å². The molecule has 0 bridgehead atoms. The molecule has 1 fully saturated rings. The highest BCUT2D eigenvalue weighted by atomic mass is 16.5. The number of carbonyl (C=O) groups is 3. The predicted molar refractivity (Wildman–Crippen MR) is 129 cm³/mol. The minimum atomic E-state index is -0.287. The average molecular weight is 461 g/mol. The van der Waals surface area contributed by atoms with E-state index in [9.17, 15) is 14.4 Å². The second-order valence-electron chi connectivity index (χ2n) is 8.70. The van der Waals surface area contributed by atoms with Crippen LogP contribution >= 0.6 is 0 Å². The van der Waals surface area contributed by atoms with Crippen LogP contribution in [0, 0.1) is 0 Å². The van der Waals surface area contributed by atoms with Crippen molar-refractivity contribution in [2.45, 2.75) is 19.4 Å². The van der Waals surface area contributed by atoms with E-state index in [1.165, 1.54) is 4.90 Å². The van der Waals surface area contributed by atoms with Gasteiger partial charge in [0.25, 0.3) is 11.8 Å². The molecule has 2 aliphatic rings. The first kappa shape index (κ1) is 22.3. The number of ether oxygens (including phenoxy) is 1. The molecule has 2 aromatic carbocycles. The van der Waals surface area contributed by atoms with Crippen LogP contribution in [0.5, 0.6) is 0 Å². The fourth-order valence-corrected chi connectivity index (χ4v) is 4.61. The van der Waals surface area contributed by atoms with Gasteiger partial charge in [-0.25, -0.2) is 0 Å². The van der Waals surface area contributed by atoms with Crippen molar-refractivity contribution in [3.63, 3.8) is 0 Å². The summed E-state index contributed by atoms with van der Waals surface area (Å²) in [5.41, 5.74) is 2.74. The van der Waals surface area contributed by atoms with Crippen molar-refractivity contribution in [3.05, 3.63) is 65.9 Å². The summed E-state index contributed by atoms with van der Waals surface area (Å²) in [6.45, 7) is 5.67. The molecule has 34 heavy (non-hydrogen) atoms. The quantitative estimate of drug-likeness (QED) is 0.523. The van der Waals surface area contributed by atoms with Crippen molar-refractivity contribution in [1.29, 1.82) is 0 Å². The monoisotopic (exact) mass is 460 g/mol. The van der Waals surface area contributed by atoms with Gasteiger partial charge in [0.15, 0.2) is 0 Å². The van der Waals surface area contributed by atoms with E-state index in [1.54, 1.807) is 24.3 Å². The van der Waals surface area contributed by atoms with E-state index in [2.05, 4.69) is 27.0 Å². The molecule has 1 N–H and O–H groups in total. The summed E-state index contributed by atoms with van der Waals surface area (Å²) < 4.78 is 7.64. The van der Waals surface area contributed by atoms with Crippen LogP contribution in [-0.4, -0.2) is 71.5 Å². The number of aromatic nitrogens is 1. The highest BCUT2D eigenvalue weighted by Crippen LogP contribution is 2.23. The lowest BCUT2D eigenvalue weighted by molar-refractivity contribution is -0.116. The fraction of sp³-hybridized carbons (Fsp3) is 0.346. The Hall–Kier alpha value is -3.49. The van der Waals surface area contributed by atoms with Crippen LogP contribution in [0.1, 0.15) is 33.6 Å². The summed E-state index contributed by atoms with van der Waals surface area (Å²) in [7, 11) is 0. The largest absolute Gasteiger partial charge is 0.379 e. The van der Waals surface area contributed by atoms with Gasteiger partial charge < -0.3 is 14.6 Å². The van der Waals surface area contributed by atoms with E-state index in [4.69, 9.17) is 4.74 Å². The maximum Gasteiger partial charge on any atom is 0.261 e. The van der Waals surface area contributed by atoms with Crippen LogP contribution < -0.4 is 5.32 Å². The van der Waals surface area contributed by atoms with Crippen molar-refractivity contribution < 1.29 is 19.1 Å². The second kappa shape index (κ2) is 9.79. The van der Waals surface area contributed by atoms with Crippen molar-refractivity contribution in [2.75, 3.05) is 44.7 Å². The molecule has 1 saturated heterocycles. The topological polar surface area (TPSA) is 83.9 Å². The molecule has 0 saturated carbocycles. The molecule has 3 aromatic rings. The van der Waals surface area contributed by atoms with Crippen molar-refractivity contribution >= 4 is 34.3 Å². The summed E-state index contributed by atoms with van der Waals surface area (Å²) in [5, 5.41) is 4.01. The first-order valence-corrected chi connectivity index (χ1v) is 11.7. The Balaban J connectivity index is 1.12. The molecule has 0 atom stereocenters. The minimum absolute atomic E-state index is 0.136. The van der Waals surface area contributed by atoms with Crippen molar-refractivity contribution in [1.82, 2.24) is 14.4 Å². The molecule has 8 nitrogen and oxygen atoms in total. The molecule has 176 valence electrons. The SMILES string of the molecule is O=C(CCCN1C(=O)c2ccccc2C1=O)Nc1ccc2c(ccn2CCN2CCOCC2)c1. The average Bonchev–Trinajstić information content (AvgIpc) is 3.37. The summed E-state index contributed by atoms with van der Waals surface area (Å²) in [4.78, 5) is 41.0. The van der Waals surface area contributed by atoms with Gasteiger partial charge in [0.2, 0.25) is 5.91 Å². The maximum absolute atomic E-state index is 12.5. The highest BCUT2D eigenvalue weighted by molar-refractivity contribution is 6.21. The van der Waals surface area contributed by atoms with E-state index in [0.29, 0.717) is 17.5 Å². The van der Waals surface area contributed by atoms with Crippen LogP contribution in [0.15, 0.2) is 54.7 Å². The third-order valence-electron chi connectivity index (χ3n) is 6.48. The first-order valence-electron chi connectivity index (χ1n) is 11.7. The van der Waals surface area contributed by atoms with Gasteiger partial charge in [-0.3, -0.25) is 24.2 Å². The van der Waals surface area contributed by atoms with Gasteiger partial charge in [-0.05, 0) is 42.8 Å². The summed E-state index contributed by atoms with van der Waals surface area (Å²) in [6, 6.07) is 14.8. The Morgan fingerprint density at radius 2 is 1.65 bits per heavy atom. The molecule has 0 radical (unpaired) electrons. The number of hydrogen-bond donors (Lipinski definition) is 1. The smallest absolute Gasteiger partial charge is 0.261 e. The second-order valence-corrected chi connectivity index (χ2v) is 8.70. The summed E-state index contributed by atoms with van der Waals surface area (Å²) >= 11 is 0. The van der Waals surface area contributed by atoms with Gasteiger partial charge in [-0.15, -0.1) is 0 Å². The number of carbonyl (C=O) groups excluding carboxylic acids is 3. The zero-order chi connectivity index (χ0) is 23.5. The number of nitrogens with zero attached hydrogens (tertiary/aromatic N) is 3. The Kier molecular flexibility index (Phi) is 6.42. The van der Waals surface area contributed by atoms with Crippen LogP contribution in [0.4, 0.5) is 5.69 Å². The molecule has 1 aromatic heterocycles. The number of imide groups is 1. The lowest BCUT2D eigenvalue weighted by Crippen LogP contribution is -2.38. The van der Waals surface area contributed by atoms with Crippen LogP contribution in [-0.2, 0) is 16.1 Å². The van der Waals surface area contributed by atoms with Gasteiger partial charge in [-0.1, -0.05) is 12.1 Å². The standard InChI is InChI=1S/C26H28N4O4/c31-24(6-3-10-30-25(32)21-4-1-2-5-22(21)26(30)33)27-20-7-8-23-19(18-20)9-11-29(23)13-12-28-14-16-34-17-15-28/h1-2,4-5,7-9,11,18H,3,6,10,12-17H2,(H,27,31). The number of benzene rings is 2. The number of fused-ring (bicyclic) bond motifs is 2. The fourth-order valence-electron chi connectivity index (χ4n) is 4.61. The van der Waals surface area contributed by atoms with Crippen molar-refractivity contribution in [3.8, 4) is 0 Å². The van der Waals surface area contributed by atoms with E-state index in [0.717, 1.165) is 56.0 Å². The third kappa shape index (κ3) is 4.60. The molecular formula is C26H28N4O4. The maximum atomic E-state index is 12.5. The summed E-state index contributed by atoms with van der Waals surface area (Å²) in [5.74, 6) is -0.711. The number of nitrogens with one attached hydrogen (secondary N) is 1. The third-order valence-corrected chi connectivity index (χ3v) is 6.48. The van der Waals surface area contributed by atoms with E-state index in [-0.39, 0.29) is 30.7 Å². The number of amides is 3. The molecule has 3 heterocycles. The molecule has 0 aliphatic carbocycles. The lowest BCUT2D eigenvalue weighted by Gasteiger charge is -2.26. The molecule has 8 heteroatoms. The predicted octanol–water partition coefficient (Wildman–Crippen LogP) is 2.99. The zero-order valence-corrected chi connectivity index (χ0v) is 19.0. The van der Waals surface area contributed by atoms with E-state index < -0.39 is 0 Å². The van der Waals surface area contributed by atoms with Gasteiger partial charge in [0.1, 0.15) is 0 Å². The molecule has 2 aliphatic heterocycles. The molecule has 0 unspecified atom stereocenters. The number of morpholine rings is 1. The van der Waals surface area contributed by atoms with Gasteiger partial charge >= 0.3 is 0 Å². The summed E-state index contributed by atoms with van der Waals surface area (Å²) in [6.07, 6.45) is 2.72. The highest BCUT2D eigenvalue weighted by Gasteiger charge is 2.34. The number of rotatable bonds is 8.